The van der Waals surface area contributed by atoms with E-state index in [1.54, 1.807) is 6.08 Å². The molecular weight excluding hydrogens is 320 g/mol. The van der Waals surface area contributed by atoms with Gasteiger partial charge in [0, 0.05) is 0 Å². The molecule has 23 heavy (non-hydrogen) atoms. The molecule has 0 aromatic rings. The first kappa shape index (κ1) is 22.1. The van der Waals surface area contributed by atoms with Gasteiger partial charge in [-0.3, -0.25) is 4.55 Å². The van der Waals surface area contributed by atoms with E-state index in [4.69, 9.17) is 9.29 Å². The zero-order valence-electron chi connectivity index (χ0n) is 14.2. The number of ether oxygens (including phenoxy) is 1. The molecule has 0 saturated carbocycles. The van der Waals surface area contributed by atoms with E-state index < -0.39 is 22.5 Å². The second-order valence-electron chi connectivity index (χ2n) is 5.52. The lowest BCUT2D eigenvalue weighted by molar-refractivity contribution is -0.146. The second kappa shape index (κ2) is 13.5. The van der Waals surface area contributed by atoms with Gasteiger partial charge in [0.1, 0.15) is 0 Å². The Bertz CT molecular complexity index is 430. The molecule has 0 aromatic carbocycles. The van der Waals surface area contributed by atoms with E-state index in [1.165, 1.54) is 31.9 Å². The Labute approximate surface area is 140 Å². The van der Waals surface area contributed by atoms with Crippen molar-refractivity contribution in [2.45, 2.75) is 84.2 Å². The molecule has 0 aliphatic heterocycles. The first-order valence-corrected chi connectivity index (χ1v) is 9.78. The average molecular weight is 350 g/mol. The molecule has 0 heterocycles. The van der Waals surface area contributed by atoms with Crippen LogP contribution in [-0.2, 0) is 24.1 Å². The van der Waals surface area contributed by atoms with Crippen LogP contribution in [0.25, 0.3) is 0 Å². The SMILES string of the molecule is CCCCCCCCC=COC(=O)C(CCCC)OS(=O)(=O)O. The highest BCUT2D eigenvalue weighted by Gasteiger charge is 2.25. The maximum absolute atomic E-state index is 11.8. The highest BCUT2D eigenvalue weighted by molar-refractivity contribution is 7.80. The Morgan fingerprint density at radius 3 is 2.26 bits per heavy atom. The van der Waals surface area contributed by atoms with Crippen molar-refractivity contribution in [2.24, 2.45) is 0 Å². The van der Waals surface area contributed by atoms with Gasteiger partial charge in [-0.15, -0.1) is 0 Å². The highest BCUT2D eigenvalue weighted by Crippen LogP contribution is 2.11. The van der Waals surface area contributed by atoms with Crippen molar-refractivity contribution < 1.29 is 26.7 Å². The zero-order chi connectivity index (χ0) is 17.6. The smallest absolute Gasteiger partial charge is 0.398 e. The van der Waals surface area contributed by atoms with Crippen molar-refractivity contribution in [1.29, 1.82) is 0 Å². The quantitative estimate of drug-likeness (QED) is 0.219. The number of carbonyl (C=O) groups is 1. The monoisotopic (exact) mass is 350 g/mol. The fourth-order valence-electron chi connectivity index (χ4n) is 2.04. The molecule has 0 bridgehead atoms. The Morgan fingerprint density at radius 2 is 1.65 bits per heavy atom. The van der Waals surface area contributed by atoms with E-state index in [1.807, 2.05) is 6.92 Å². The summed E-state index contributed by atoms with van der Waals surface area (Å²) in [7, 11) is -4.67. The molecule has 0 aliphatic rings. The lowest BCUT2D eigenvalue weighted by Gasteiger charge is -2.12. The molecule has 0 rings (SSSR count). The summed E-state index contributed by atoms with van der Waals surface area (Å²) in [5.74, 6) is -0.810. The largest absolute Gasteiger partial charge is 0.433 e. The number of allylic oxidation sites excluding steroid dienone is 1. The molecule has 136 valence electrons. The normalized spacial score (nSPS) is 13.3. The number of hydrogen-bond donors (Lipinski definition) is 1. The van der Waals surface area contributed by atoms with Gasteiger partial charge in [0.15, 0.2) is 6.10 Å². The Kier molecular flexibility index (Phi) is 13.0. The Morgan fingerprint density at radius 1 is 1.04 bits per heavy atom. The van der Waals surface area contributed by atoms with Crippen molar-refractivity contribution in [3.8, 4) is 0 Å². The average Bonchev–Trinajstić information content (AvgIpc) is 2.48. The van der Waals surface area contributed by atoms with E-state index in [2.05, 4.69) is 11.1 Å². The van der Waals surface area contributed by atoms with Gasteiger partial charge in [0.25, 0.3) is 0 Å². The molecule has 6 nitrogen and oxygen atoms in total. The van der Waals surface area contributed by atoms with Crippen molar-refractivity contribution in [1.82, 2.24) is 0 Å². The topological polar surface area (TPSA) is 89.9 Å². The van der Waals surface area contributed by atoms with Gasteiger partial charge in [-0.1, -0.05) is 58.8 Å². The van der Waals surface area contributed by atoms with Crippen LogP contribution in [0, 0.1) is 0 Å². The van der Waals surface area contributed by atoms with Gasteiger partial charge in [-0.05, 0) is 25.3 Å². The molecule has 0 aromatic heterocycles. The predicted molar refractivity (Wildman–Crippen MR) is 89.2 cm³/mol. The summed E-state index contributed by atoms with van der Waals surface area (Å²) >= 11 is 0. The molecule has 0 saturated heterocycles. The summed E-state index contributed by atoms with van der Waals surface area (Å²) in [4.78, 5) is 11.8. The van der Waals surface area contributed by atoms with Crippen molar-refractivity contribution in [2.75, 3.05) is 0 Å². The van der Waals surface area contributed by atoms with Crippen molar-refractivity contribution in [3.63, 3.8) is 0 Å². The summed E-state index contributed by atoms with van der Waals surface area (Å²) in [6.07, 6.45) is 11.2. The van der Waals surface area contributed by atoms with Crippen LogP contribution in [0.15, 0.2) is 12.3 Å². The Hall–Kier alpha value is -0.920. The van der Waals surface area contributed by atoms with Gasteiger partial charge in [-0.2, -0.15) is 8.42 Å². The number of carbonyl (C=O) groups excluding carboxylic acids is 1. The van der Waals surface area contributed by atoms with E-state index in [-0.39, 0.29) is 6.42 Å². The molecule has 1 unspecified atom stereocenters. The fourth-order valence-corrected chi connectivity index (χ4v) is 2.51. The van der Waals surface area contributed by atoms with Crippen LogP contribution in [0.2, 0.25) is 0 Å². The van der Waals surface area contributed by atoms with Gasteiger partial charge < -0.3 is 4.74 Å². The van der Waals surface area contributed by atoms with Gasteiger partial charge in [0.2, 0.25) is 0 Å². The number of unbranched alkanes of at least 4 members (excludes halogenated alkanes) is 7. The maximum Gasteiger partial charge on any atom is 0.398 e. The van der Waals surface area contributed by atoms with E-state index in [0.29, 0.717) is 6.42 Å². The van der Waals surface area contributed by atoms with Crippen LogP contribution in [-0.4, -0.2) is 25.0 Å². The molecule has 0 fully saturated rings. The highest BCUT2D eigenvalue weighted by atomic mass is 32.3. The van der Waals surface area contributed by atoms with Gasteiger partial charge in [-0.25, -0.2) is 8.98 Å². The second-order valence-corrected chi connectivity index (χ2v) is 6.57. The summed E-state index contributed by atoms with van der Waals surface area (Å²) < 4.78 is 39.4. The molecule has 7 heteroatoms. The summed E-state index contributed by atoms with van der Waals surface area (Å²) in [6.45, 7) is 4.08. The van der Waals surface area contributed by atoms with E-state index >= 15 is 0 Å². The summed E-state index contributed by atoms with van der Waals surface area (Å²) in [6, 6.07) is 0. The maximum atomic E-state index is 11.8. The molecule has 1 atom stereocenters. The van der Waals surface area contributed by atoms with Crippen molar-refractivity contribution in [3.05, 3.63) is 12.3 Å². The third-order valence-electron chi connectivity index (χ3n) is 3.33. The Balaban J connectivity index is 4.03. The third-order valence-corrected chi connectivity index (χ3v) is 3.80. The van der Waals surface area contributed by atoms with Gasteiger partial charge in [0.05, 0.1) is 6.26 Å². The van der Waals surface area contributed by atoms with E-state index in [9.17, 15) is 13.2 Å². The molecule has 0 aliphatic carbocycles. The predicted octanol–water partition coefficient (Wildman–Crippen LogP) is 4.17. The summed E-state index contributed by atoms with van der Waals surface area (Å²) in [5, 5.41) is 0. The number of rotatable bonds is 14. The minimum absolute atomic E-state index is 0.181. The fraction of sp³-hybridized carbons (Fsp3) is 0.812. The van der Waals surface area contributed by atoms with Crippen LogP contribution >= 0.6 is 0 Å². The van der Waals surface area contributed by atoms with Crippen LogP contribution in [0.4, 0.5) is 0 Å². The first-order chi connectivity index (χ1) is 10.9. The third kappa shape index (κ3) is 14.4. The molecule has 0 spiro atoms. The minimum Gasteiger partial charge on any atom is -0.433 e. The first-order valence-electron chi connectivity index (χ1n) is 8.41. The lowest BCUT2D eigenvalue weighted by Crippen LogP contribution is -2.28. The molecule has 0 radical (unpaired) electrons. The zero-order valence-corrected chi connectivity index (χ0v) is 15.0. The molecular formula is C16H30O6S. The van der Waals surface area contributed by atoms with Crippen LogP contribution in [0.1, 0.15) is 78.1 Å². The van der Waals surface area contributed by atoms with Crippen molar-refractivity contribution >= 4 is 16.4 Å². The molecule has 0 amide bonds. The molecule has 1 N–H and O–H groups in total. The van der Waals surface area contributed by atoms with Crippen LogP contribution < -0.4 is 0 Å². The standard InChI is InChI=1S/C16H30O6S/c1-3-5-7-8-9-10-11-12-14-21-16(17)15(13-6-4-2)22-23(18,19)20/h12,14-15H,3-11,13H2,1-2H3,(H,18,19,20). The van der Waals surface area contributed by atoms with Crippen LogP contribution in [0.5, 0.6) is 0 Å². The summed E-state index contributed by atoms with van der Waals surface area (Å²) in [5.41, 5.74) is 0. The van der Waals surface area contributed by atoms with Crippen LogP contribution in [0.3, 0.4) is 0 Å². The number of hydrogen-bond acceptors (Lipinski definition) is 5. The van der Waals surface area contributed by atoms with E-state index in [0.717, 1.165) is 25.7 Å². The number of esters is 1. The minimum atomic E-state index is -4.67. The van der Waals surface area contributed by atoms with Gasteiger partial charge >= 0.3 is 16.4 Å². The lowest BCUT2D eigenvalue weighted by atomic mass is 10.1.